The molecule has 0 aliphatic heterocycles. The van der Waals surface area contributed by atoms with Crippen molar-refractivity contribution in [2.24, 2.45) is 5.41 Å². The predicted octanol–water partition coefficient (Wildman–Crippen LogP) is 3.65. The van der Waals surface area contributed by atoms with Crippen molar-refractivity contribution in [1.29, 1.82) is 0 Å². The van der Waals surface area contributed by atoms with Crippen molar-refractivity contribution in [3.63, 3.8) is 0 Å². The third-order valence-corrected chi connectivity index (χ3v) is 2.01. The minimum atomic E-state index is 0.201. The summed E-state index contributed by atoms with van der Waals surface area (Å²) in [5.74, 6) is 0.201. The summed E-state index contributed by atoms with van der Waals surface area (Å²) in [6.07, 6.45) is 4.35. The Morgan fingerprint density at radius 1 is 1.19 bits per heavy atom. The Hall–Kier alpha value is -1.18. The van der Waals surface area contributed by atoms with Crippen molar-refractivity contribution in [1.82, 2.24) is 4.98 Å². The van der Waals surface area contributed by atoms with E-state index in [1.165, 1.54) is 0 Å². The van der Waals surface area contributed by atoms with Gasteiger partial charge in [0.2, 0.25) is 0 Å². The molecule has 1 aliphatic rings. The summed E-state index contributed by atoms with van der Waals surface area (Å²) in [5, 5.41) is 0. The average Bonchev–Trinajstić information content (AvgIpc) is 2.16. The van der Waals surface area contributed by atoms with Crippen molar-refractivity contribution >= 4 is 5.78 Å². The lowest BCUT2D eigenvalue weighted by molar-refractivity contribution is 0.0967. The van der Waals surface area contributed by atoms with Crippen molar-refractivity contribution in [3.8, 4) is 0 Å². The van der Waals surface area contributed by atoms with Gasteiger partial charge in [-0.25, -0.2) is 0 Å². The molecular weight excluding hydrogens is 198 g/mol. The molecule has 1 heterocycles. The largest absolute Gasteiger partial charge is 0.292 e. The quantitative estimate of drug-likeness (QED) is 0.666. The number of hydrogen-bond donors (Lipinski definition) is 0. The molecule has 0 saturated carbocycles. The van der Waals surface area contributed by atoms with E-state index in [-0.39, 0.29) is 5.78 Å². The van der Waals surface area contributed by atoms with Crippen LogP contribution in [0, 0.1) is 5.41 Å². The van der Waals surface area contributed by atoms with Gasteiger partial charge in [-0.1, -0.05) is 33.8 Å². The van der Waals surface area contributed by atoms with E-state index < -0.39 is 0 Å². The van der Waals surface area contributed by atoms with E-state index in [0.717, 1.165) is 18.4 Å². The van der Waals surface area contributed by atoms with E-state index in [9.17, 15) is 4.79 Å². The van der Waals surface area contributed by atoms with Crippen LogP contribution in [0.3, 0.4) is 0 Å². The van der Waals surface area contributed by atoms with Crippen LogP contribution in [0.4, 0.5) is 0 Å². The molecular formula is C14H21NO. The van der Waals surface area contributed by atoms with Gasteiger partial charge in [-0.3, -0.25) is 9.78 Å². The molecule has 0 radical (unpaired) electrons. The van der Waals surface area contributed by atoms with Gasteiger partial charge in [-0.05, 0) is 29.9 Å². The Kier molecular flexibility index (Phi) is 4.22. The van der Waals surface area contributed by atoms with Crippen LogP contribution in [0.2, 0.25) is 0 Å². The molecule has 1 aliphatic carbocycles. The van der Waals surface area contributed by atoms with Crippen LogP contribution in [0.1, 0.15) is 56.6 Å². The first-order chi connectivity index (χ1) is 7.38. The van der Waals surface area contributed by atoms with E-state index in [1.54, 1.807) is 6.20 Å². The van der Waals surface area contributed by atoms with Crippen LogP contribution >= 0.6 is 0 Å². The third kappa shape index (κ3) is 4.56. The van der Waals surface area contributed by atoms with E-state index in [4.69, 9.17) is 0 Å². The Balaban J connectivity index is 0.000000221. The van der Waals surface area contributed by atoms with Crippen LogP contribution in [0.15, 0.2) is 18.3 Å². The monoisotopic (exact) mass is 219 g/mol. The van der Waals surface area contributed by atoms with Crippen molar-refractivity contribution in [2.75, 3.05) is 0 Å². The zero-order valence-corrected chi connectivity index (χ0v) is 10.7. The molecule has 0 aromatic carbocycles. The maximum Gasteiger partial charge on any atom is 0.181 e. The molecule has 2 heteroatoms. The number of carbonyl (C=O) groups is 1. The summed E-state index contributed by atoms with van der Waals surface area (Å²) in [7, 11) is 0. The topological polar surface area (TPSA) is 30.0 Å². The summed E-state index contributed by atoms with van der Waals surface area (Å²) in [4.78, 5) is 15.3. The van der Waals surface area contributed by atoms with E-state index >= 15 is 0 Å². The van der Waals surface area contributed by atoms with Gasteiger partial charge >= 0.3 is 0 Å². The first-order valence-electron chi connectivity index (χ1n) is 5.85. The Labute approximate surface area is 98.1 Å². The van der Waals surface area contributed by atoms with Gasteiger partial charge in [-0.15, -0.1) is 0 Å². The zero-order valence-electron chi connectivity index (χ0n) is 10.7. The molecule has 1 aromatic rings. The summed E-state index contributed by atoms with van der Waals surface area (Å²) in [6, 6.07) is 3.87. The van der Waals surface area contributed by atoms with Crippen LogP contribution < -0.4 is 0 Å². The van der Waals surface area contributed by atoms with E-state index in [0.29, 0.717) is 17.5 Å². The van der Waals surface area contributed by atoms with Gasteiger partial charge < -0.3 is 0 Å². The minimum absolute atomic E-state index is 0.201. The normalized spacial score (nSPS) is 14.9. The highest BCUT2D eigenvalue weighted by molar-refractivity contribution is 5.96. The van der Waals surface area contributed by atoms with Gasteiger partial charge in [0.1, 0.15) is 5.69 Å². The van der Waals surface area contributed by atoms with Crippen LogP contribution in [-0.4, -0.2) is 10.8 Å². The second kappa shape index (κ2) is 5.24. The summed E-state index contributed by atoms with van der Waals surface area (Å²) in [6.45, 7) is 8.75. The number of ketones is 1. The average molecular weight is 219 g/mol. The fraction of sp³-hybridized carbons (Fsp3) is 0.571. The molecule has 0 amide bonds. The first kappa shape index (κ1) is 12.9. The number of aryl methyl sites for hydroxylation is 1. The lowest BCUT2D eigenvalue weighted by Crippen LogP contribution is -2.12. The molecule has 88 valence electrons. The highest BCUT2D eigenvalue weighted by Crippen LogP contribution is 2.17. The lowest BCUT2D eigenvalue weighted by atomic mass is 9.95. The van der Waals surface area contributed by atoms with Crippen molar-refractivity contribution in [3.05, 3.63) is 29.6 Å². The molecule has 0 fully saturated rings. The van der Waals surface area contributed by atoms with E-state index in [1.807, 2.05) is 12.1 Å². The maximum absolute atomic E-state index is 11.2. The molecule has 2 nitrogen and oxygen atoms in total. The fourth-order valence-electron chi connectivity index (χ4n) is 1.45. The molecule has 0 spiro atoms. The van der Waals surface area contributed by atoms with Crippen molar-refractivity contribution in [2.45, 2.75) is 47.0 Å². The molecule has 16 heavy (non-hydrogen) atoms. The van der Waals surface area contributed by atoms with Gasteiger partial charge in [0.15, 0.2) is 5.78 Å². The molecule has 0 saturated heterocycles. The third-order valence-electron chi connectivity index (χ3n) is 2.01. The van der Waals surface area contributed by atoms with Gasteiger partial charge in [0.25, 0.3) is 0 Å². The summed E-state index contributed by atoms with van der Waals surface area (Å²) in [5.41, 5.74) is 2.31. The number of nitrogens with zero attached hydrogens (tertiary/aromatic N) is 1. The lowest BCUT2D eigenvalue weighted by Gasteiger charge is -2.11. The van der Waals surface area contributed by atoms with E-state index in [2.05, 4.69) is 32.7 Å². The molecule has 0 bridgehead atoms. The molecule has 1 aromatic heterocycles. The summed E-state index contributed by atoms with van der Waals surface area (Å²) < 4.78 is 0. The van der Waals surface area contributed by atoms with Crippen molar-refractivity contribution < 1.29 is 4.79 Å². The van der Waals surface area contributed by atoms with Gasteiger partial charge in [-0.2, -0.15) is 0 Å². The highest BCUT2D eigenvalue weighted by atomic mass is 16.1. The number of pyridine rings is 1. The maximum atomic E-state index is 11.2. The SMILES string of the molecule is CC(C)(C)C.O=C1CCCc2cccnc21. The predicted molar refractivity (Wildman–Crippen MR) is 66.6 cm³/mol. The van der Waals surface area contributed by atoms with Crippen LogP contribution in [-0.2, 0) is 6.42 Å². The number of fused-ring (bicyclic) bond motifs is 1. The molecule has 0 N–H and O–H groups in total. The Morgan fingerprint density at radius 3 is 2.38 bits per heavy atom. The fourth-order valence-corrected chi connectivity index (χ4v) is 1.45. The van der Waals surface area contributed by atoms with Crippen LogP contribution in [0.5, 0.6) is 0 Å². The number of Topliss-reactive ketones (excluding diaryl/α,β-unsaturated/α-hetero) is 1. The zero-order chi connectivity index (χ0) is 12.2. The standard InChI is InChI=1S/C9H9NO.C5H12/c11-8-5-1-3-7-4-2-6-10-9(7)8;1-5(2,3)4/h2,4,6H,1,3,5H2;1-4H3. The minimum Gasteiger partial charge on any atom is -0.292 e. The number of rotatable bonds is 0. The second-order valence-electron chi connectivity index (χ2n) is 5.79. The number of aromatic nitrogens is 1. The molecule has 0 unspecified atom stereocenters. The Morgan fingerprint density at radius 2 is 1.81 bits per heavy atom. The highest BCUT2D eigenvalue weighted by Gasteiger charge is 2.16. The first-order valence-corrected chi connectivity index (χ1v) is 5.85. The van der Waals surface area contributed by atoms with Crippen LogP contribution in [0.25, 0.3) is 0 Å². The Bertz CT molecular complexity index is 357. The van der Waals surface area contributed by atoms with Gasteiger partial charge in [0.05, 0.1) is 0 Å². The smallest absolute Gasteiger partial charge is 0.181 e. The van der Waals surface area contributed by atoms with Gasteiger partial charge in [0, 0.05) is 12.6 Å². The summed E-state index contributed by atoms with van der Waals surface area (Å²) >= 11 is 0. The molecule has 2 rings (SSSR count). The number of hydrogen-bond acceptors (Lipinski definition) is 2. The number of carbonyl (C=O) groups excluding carboxylic acids is 1. The second-order valence-corrected chi connectivity index (χ2v) is 5.79. The molecule has 0 atom stereocenters.